The molecule has 0 saturated carbocycles. The Hall–Kier alpha value is -2.52. The number of rotatable bonds is 4. The van der Waals surface area contributed by atoms with Gasteiger partial charge in [0.15, 0.2) is 5.65 Å². The number of pyridine rings is 1. The number of hydrogen-bond acceptors (Lipinski definition) is 4. The molecule has 0 radical (unpaired) electrons. The maximum Gasteiger partial charge on any atom is 0.233 e. The highest BCUT2D eigenvalue weighted by Crippen LogP contribution is 2.30. The first-order valence-electron chi connectivity index (χ1n) is 10.3. The number of thioether (sulfide) groups is 1. The number of fused-ring (bicyclic) bond motifs is 3. The lowest BCUT2D eigenvalue weighted by Crippen LogP contribution is -2.43. The molecule has 150 valence electrons. The summed E-state index contributed by atoms with van der Waals surface area (Å²) in [5, 5.41) is 10.7. The average molecular weight is 407 g/mol. The summed E-state index contributed by atoms with van der Waals surface area (Å²) in [5.41, 5.74) is 4.12. The summed E-state index contributed by atoms with van der Waals surface area (Å²) in [6.07, 6.45) is 1.94. The highest BCUT2D eigenvalue weighted by molar-refractivity contribution is 7.99. The zero-order chi connectivity index (χ0) is 20.5. The zero-order valence-corrected chi connectivity index (χ0v) is 18.0. The summed E-state index contributed by atoms with van der Waals surface area (Å²) in [6.45, 7) is 8.18. The van der Waals surface area contributed by atoms with Crippen molar-refractivity contribution < 1.29 is 4.79 Å². The van der Waals surface area contributed by atoms with Crippen molar-refractivity contribution in [2.75, 3.05) is 18.8 Å². The molecule has 1 amide bonds. The van der Waals surface area contributed by atoms with Crippen LogP contribution in [-0.4, -0.2) is 39.0 Å². The monoisotopic (exact) mass is 406 g/mol. The van der Waals surface area contributed by atoms with Gasteiger partial charge in [0.1, 0.15) is 6.07 Å². The number of para-hydroxylation sites is 2. The van der Waals surface area contributed by atoms with Gasteiger partial charge in [-0.3, -0.25) is 9.20 Å². The lowest BCUT2D eigenvalue weighted by Gasteiger charge is -2.35. The zero-order valence-electron chi connectivity index (χ0n) is 17.2. The van der Waals surface area contributed by atoms with Gasteiger partial charge in [-0.2, -0.15) is 5.26 Å². The Morgan fingerprint density at radius 3 is 2.69 bits per heavy atom. The minimum atomic E-state index is 0.188. The Morgan fingerprint density at radius 2 is 2.00 bits per heavy atom. The second-order valence-corrected chi connectivity index (χ2v) is 9.14. The molecule has 1 fully saturated rings. The SMILES string of the molecule is CCc1cc(SCC(=O)N2C[C@@H](C)C[C@H](C)C2)n2c(nc3ccccc32)c1C#N. The number of aromatic nitrogens is 2. The van der Waals surface area contributed by atoms with E-state index in [1.165, 1.54) is 6.42 Å². The maximum atomic E-state index is 12.9. The predicted octanol–water partition coefficient (Wildman–Crippen LogP) is 4.52. The molecule has 3 heterocycles. The second-order valence-electron chi connectivity index (χ2n) is 8.14. The fourth-order valence-corrected chi connectivity index (χ4v) is 5.44. The molecule has 29 heavy (non-hydrogen) atoms. The molecule has 2 atom stereocenters. The Kier molecular flexibility index (Phi) is 5.51. The van der Waals surface area contributed by atoms with Gasteiger partial charge in [0.05, 0.1) is 27.4 Å². The van der Waals surface area contributed by atoms with Crippen LogP contribution in [0.1, 0.15) is 38.3 Å². The maximum absolute atomic E-state index is 12.9. The Labute approximate surface area is 175 Å². The number of likely N-dealkylation sites (tertiary alicyclic amines) is 1. The number of piperidine rings is 1. The number of carbonyl (C=O) groups excluding carboxylic acids is 1. The number of benzene rings is 1. The minimum absolute atomic E-state index is 0.188. The first-order chi connectivity index (χ1) is 14.0. The molecule has 0 unspecified atom stereocenters. The van der Waals surface area contributed by atoms with E-state index in [9.17, 15) is 10.1 Å². The smallest absolute Gasteiger partial charge is 0.233 e. The molecule has 0 aliphatic carbocycles. The molecule has 2 aromatic heterocycles. The van der Waals surface area contributed by atoms with Crippen LogP contribution in [0.25, 0.3) is 16.7 Å². The first kappa shape index (κ1) is 19.8. The Bertz CT molecular complexity index is 1100. The summed E-state index contributed by atoms with van der Waals surface area (Å²) in [4.78, 5) is 19.6. The summed E-state index contributed by atoms with van der Waals surface area (Å²) < 4.78 is 2.03. The molecule has 1 aliphatic heterocycles. The fourth-order valence-electron chi connectivity index (χ4n) is 4.45. The van der Waals surface area contributed by atoms with Crippen LogP contribution in [0.5, 0.6) is 0 Å². The van der Waals surface area contributed by atoms with Gasteiger partial charge < -0.3 is 4.90 Å². The lowest BCUT2D eigenvalue weighted by atomic mass is 9.92. The van der Waals surface area contributed by atoms with Gasteiger partial charge in [-0.15, -0.1) is 0 Å². The van der Waals surface area contributed by atoms with E-state index in [1.807, 2.05) is 40.5 Å². The van der Waals surface area contributed by atoms with Crippen molar-refractivity contribution in [2.24, 2.45) is 11.8 Å². The number of nitrogens with zero attached hydrogens (tertiary/aromatic N) is 4. The first-order valence-corrected chi connectivity index (χ1v) is 11.2. The van der Waals surface area contributed by atoms with E-state index < -0.39 is 0 Å². The number of imidazole rings is 1. The van der Waals surface area contributed by atoms with Crippen LogP contribution < -0.4 is 0 Å². The lowest BCUT2D eigenvalue weighted by molar-refractivity contribution is -0.130. The summed E-state index contributed by atoms with van der Waals surface area (Å²) in [7, 11) is 0. The van der Waals surface area contributed by atoms with Gasteiger partial charge in [0, 0.05) is 13.1 Å². The molecule has 1 aromatic carbocycles. The third-order valence-electron chi connectivity index (χ3n) is 5.68. The van der Waals surface area contributed by atoms with Crippen molar-refractivity contribution in [1.29, 1.82) is 5.26 Å². The van der Waals surface area contributed by atoms with Crippen molar-refractivity contribution in [3.8, 4) is 6.07 Å². The van der Waals surface area contributed by atoms with E-state index >= 15 is 0 Å². The number of nitriles is 1. The van der Waals surface area contributed by atoms with Gasteiger partial charge in [-0.1, -0.05) is 44.7 Å². The summed E-state index contributed by atoms with van der Waals surface area (Å²) in [6, 6.07) is 12.3. The number of amides is 1. The third-order valence-corrected chi connectivity index (χ3v) is 6.67. The molecule has 4 rings (SSSR count). The Balaban J connectivity index is 1.70. The van der Waals surface area contributed by atoms with E-state index in [4.69, 9.17) is 4.98 Å². The molecule has 0 spiro atoms. The average Bonchev–Trinajstić information content (AvgIpc) is 3.10. The van der Waals surface area contributed by atoms with Crippen LogP contribution in [0.2, 0.25) is 0 Å². The van der Waals surface area contributed by atoms with Crippen LogP contribution >= 0.6 is 11.8 Å². The number of aryl methyl sites for hydroxylation is 1. The van der Waals surface area contributed by atoms with Crippen molar-refractivity contribution in [2.45, 2.75) is 38.6 Å². The molecule has 6 heteroatoms. The molecule has 1 aliphatic rings. The van der Waals surface area contributed by atoms with Crippen LogP contribution in [0, 0.1) is 23.2 Å². The van der Waals surface area contributed by atoms with Gasteiger partial charge in [-0.25, -0.2) is 4.98 Å². The van der Waals surface area contributed by atoms with Crippen molar-refractivity contribution in [3.63, 3.8) is 0 Å². The topological polar surface area (TPSA) is 61.4 Å². The number of hydrogen-bond donors (Lipinski definition) is 0. The normalized spacial score (nSPS) is 19.6. The van der Waals surface area contributed by atoms with Crippen LogP contribution in [-0.2, 0) is 11.2 Å². The molecule has 3 aromatic rings. The van der Waals surface area contributed by atoms with Gasteiger partial charge in [0.2, 0.25) is 5.91 Å². The number of carbonyl (C=O) groups is 1. The van der Waals surface area contributed by atoms with E-state index in [1.54, 1.807) is 11.8 Å². The molecule has 0 N–H and O–H groups in total. The van der Waals surface area contributed by atoms with Crippen molar-refractivity contribution in [1.82, 2.24) is 14.3 Å². The van der Waals surface area contributed by atoms with Crippen LogP contribution in [0.3, 0.4) is 0 Å². The molecular weight excluding hydrogens is 380 g/mol. The fraction of sp³-hybridized carbons (Fsp3) is 0.435. The minimum Gasteiger partial charge on any atom is -0.341 e. The van der Waals surface area contributed by atoms with E-state index in [-0.39, 0.29) is 5.91 Å². The van der Waals surface area contributed by atoms with E-state index in [2.05, 4.69) is 26.0 Å². The largest absolute Gasteiger partial charge is 0.341 e. The van der Waals surface area contributed by atoms with Gasteiger partial charge in [0.25, 0.3) is 0 Å². The highest BCUT2D eigenvalue weighted by Gasteiger charge is 2.26. The quantitative estimate of drug-likeness (QED) is 0.598. The summed E-state index contributed by atoms with van der Waals surface area (Å²) >= 11 is 1.54. The van der Waals surface area contributed by atoms with Crippen LogP contribution in [0.15, 0.2) is 35.4 Å². The Morgan fingerprint density at radius 1 is 1.28 bits per heavy atom. The highest BCUT2D eigenvalue weighted by atomic mass is 32.2. The van der Waals surface area contributed by atoms with Crippen molar-refractivity contribution in [3.05, 3.63) is 41.5 Å². The van der Waals surface area contributed by atoms with E-state index in [0.29, 0.717) is 28.8 Å². The van der Waals surface area contributed by atoms with Gasteiger partial charge in [-0.05, 0) is 48.4 Å². The van der Waals surface area contributed by atoms with Crippen LogP contribution in [0.4, 0.5) is 0 Å². The molecule has 1 saturated heterocycles. The van der Waals surface area contributed by atoms with E-state index in [0.717, 1.165) is 41.1 Å². The second kappa shape index (κ2) is 8.08. The van der Waals surface area contributed by atoms with Gasteiger partial charge >= 0.3 is 0 Å². The third kappa shape index (κ3) is 3.72. The summed E-state index contributed by atoms with van der Waals surface area (Å²) in [5.74, 6) is 1.70. The van der Waals surface area contributed by atoms with Crippen molar-refractivity contribution >= 4 is 34.3 Å². The molecule has 5 nitrogen and oxygen atoms in total. The predicted molar refractivity (Wildman–Crippen MR) is 117 cm³/mol. The molecular formula is C23H26N4OS. The standard InChI is InChI=1S/C23H26N4OS/c1-4-17-10-22(29-14-21(28)26-12-15(2)9-16(3)13-26)27-20-8-6-5-7-19(20)25-23(27)18(17)11-24/h5-8,10,15-16H,4,9,12-14H2,1-3H3/t15-,16-/m0/s1. The molecule has 0 bridgehead atoms.